The number of benzene rings is 2. The summed E-state index contributed by atoms with van der Waals surface area (Å²) in [6.07, 6.45) is 0. The van der Waals surface area contributed by atoms with E-state index in [2.05, 4.69) is 5.16 Å². The molecule has 0 radical (unpaired) electrons. The molecule has 0 atom stereocenters. The molecule has 0 saturated carbocycles. The third-order valence-corrected chi connectivity index (χ3v) is 5.90. The van der Waals surface area contributed by atoms with Crippen molar-refractivity contribution in [3.05, 3.63) is 76.7 Å². The molecule has 2 aromatic carbocycles. The number of para-hydroxylation sites is 1. The molecule has 6 heteroatoms. The second kappa shape index (κ2) is 9.65. The standard InChI is InChI=1S/C23H26N2O3S/c1-16-9-5-7-11-21(16)27-14-13-25(4)23(26)19-10-6-8-12-22(19)29-15-20-17(2)24-28-18(20)3/h5-12H,13-15H2,1-4H3. The summed E-state index contributed by atoms with van der Waals surface area (Å²) in [5.41, 5.74) is 3.76. The lowest BCUT2D eigenvalue weighted by Crippen LogP contribution is -2.31. The second-order valence-corrected chi connectivity index (χ2v) is 7.95. The lowest BCUT2D eigenvalue weighted by molar-refractivity contribution is 0.0770. The molecular formula is C23H26N2O3S. The number of hydrogen-bond donors (Lipinski definition) is 0. The van der Waals surface area contributed by atoms with Crippen LogP contribution in [0.25, 0.3) is 0 Å². The number of thioether (sulfide) groups is 1. The van der Waals surface area contributed by atoms with E-state index in [1.165, 1.54) is 0 Å². The first kappa shape index (κ1) is 21.0. The van der Waals surface area contributed by atoms with Gasteiger partial charge in [-0.3, -0.25) is 4.79 Å². The van der Waals surface area contributed by atoms with Crippen molar-refractivity contribution in [1.82, 2.24) is 10.1 Å². The molecule has 1 aromatic heterocycles. The van der Waals surface area contributed by atoms with Crippen LogP contribution >= 0.6 is 11.8 Å². The minimum absolute atomic E-state index is 0.0137. The number of ether oxygens (including phenoxy) is 1. The van der Waals surface area contributed by atoms with Crippen molar-refractivity contribution < 1.29 is 14.1 Å². The molecule has 29 heavy (non-hydrogen) atoms. The van der Waals surface area contributed by atoms with Crippen molar-refractivity contribution in [2.24, 2.45) is 0 Å². The highest BCUT2D eigenvalue weighted by molar-refractivity contribution is 7.98. The van der Waals surface area contributed by atoms with Crippen molar-refractivity contribution in [1.29, 1.82) is 0 Å². The summed E-state index contributed by atoms with van der Waals surface area (Å²) in [5, 5.41) is 4.00. The number of carbonyl (C=O) groups is 1. The second-order valence-electron chi connectivity index (χ2n) is 6.93. The van der Waals surface area contributed by atoms with Crippen molar-refractivity contribution in [3.63, 3.8) is 0 Å². The van der Waals surface area contributed by atoms with Crippen LogP contribution in [-0.2, 0) is 5.75 Å². The highest BCUT2D eigenvalue weighted by Crippen LogP contribution is 2.29. The van der Waals surface area contributed by atoms with Crippen LogP contribution in [0.3, 0.4) is 0 Å². The van der Waals surface area contributed by atoms with E-state index in [-0.39, 0.29) is 5.91 Å². The van der Waals surface area contributed by atoms with Crippen LogP contribution in [0, 0.1) is 20.8 Å². The molecule has 0 aliphatic heterocycles. The van der Waals surface area contributed by atoms with Crippen molar-refractivity contribution in [2.75, 3.05) is 20.2 Å². The van der Waals surface area contributed by atoms with Gasteiger partial charge in [0.1, 0.15) is 18.1 Å². The summed E-state index contributed by atoms with van der Waals surface area (Å²) >= 11 is 1.62. The van der Waals surface area contributed by atoms with Crippen LogP contribution in [-0.4, -0.2) is 36.2 Å². The number of hydrogen-bond acceptors (Lipinski definition) is 5. The Morgan fingerprint density at radius 3 is 2.55 bits per heavy atom. The van der Waals surface area contributed by atoms with E-state index in [9.17, 15) is 4.79 Å². The van der Waals surface area contributed by atoms with E-state index in [0.717, 1.165) is 33.2 Å². The van der Waals surface area contributed by atoms with Crippen LogP contribution in [0.15, 0.2) is 57.9 Å². The van der Waals surface area contributed by atoms with Gasteiger partial charge in [0.05, 0.1) is 17.8 Å². The summed E-state index contributed by atoms with van der Waals surface area (Å²) in [7, 11) is 1.80. The van der Waals surface area contributed by atoms with Gasteiger partial charge in [-0.2, -0.15) is 0 Å². The predicted octanol–water partition coefficient (Wildman–Crippen LogP) is 5.04. The third kappa shape index (κ3) is 5.21. The molecule has 3 rings (SSSR count). The van der Waals surface area contributed by atoms with Crippen LogP contribution in [0.2, 0.25) is 0 Å². The number of likely N-dealkylation sites (N-methyl/N-ethyl adjacent to an activating group) is 1. The molecule has 0 aliphatic rings. The number of aryl methyl sites for hydroxylation is 3. The first-order valence-electron chi connectivity index (χ1n) is 9.55. The fourth-order valence-corrected chi connectivity index (χ4v) is 4.14. The Hall–Kier alpha value is -2.73. The Balaban J connectivity index is 1.62. The van der Waals surface area contributed by atoms with Gasteiger partial charge in [-0.1, -0.05) is 35.5 Å². The number of carbonyl (C=O) groups excluding carboxylic acids is 1. The normalized spacial score (nSPS) is 10.8. The molecule has 0 bridgehead atoms. The van der Waals surface area contributed by atoms with Gasteiger partial charge in [-0.25, -0.2) is 0 Å². The molecule has 0 saturated heterocycles. The smallest absolute Gasteiger partial charge is 0.254 e. The van der Waals surface area contributed by atoms with Crippen molar-refractivity contribution in [2.45, 2.75) is 31.4 Å². The van der Waals surface area contributed by atoms with Gasteiger partial charge in [-0.15, -0.1) is 11.8 Å². The van der Waals surface area contributed by atoms with E-state index in [4.69, 9.17) is 9.26 Å². The average molecular weight is 411 g/mol. The molecule has 0 fully saturated rings. The van der Waals surface area contributed by atoms with Crippen LogP contribution in [0.1, 0.15) is 32.9 Å². The molecule has 0 unspecified atom stereocenters. The maximum atomic E-state index is 13.0. The lowest BCUT2D eigenvalue weighted by Gasteiger charge is -2.19. The van der Waals surface area contributed by atoms with Crippen LogP contribution in [0.4, 0.5) is 0 Å². The first-order chi connectivity index (χ1) is 14.0. The Bertz CT molecular complexity index is 964. The lowest BCUT2D eigenvalue weighted by atomic mass is 10.2. The Morgan fingerprint density at radius 2 is 1.83 bits per heavy atom. The zero-order valence-electron chi connectivity index (χ0n) is 17.3. The number of amides is 1. The molecule has 0 N–H and O–H groups in total. The minimum atomic E-state index is -0.0137. The fraction of sp³-hybridized carbons (Fsp3) is 0.304. The molecule has 1 amide bonds. The Labute approximate surface area is 176 Å². The average Bonchev–Trinajstić information content (AvgIpc) is 3.05. The third-order valence-electron chi connectivity index (χ3n) is 4.80. The van der Waals surface area contributed by atoms with Gasteiger partial charge < -0.3 is 14.2 Å². The van der Waals surface area contributed by atoms with Gasteiger partial charge >= 0.3 is 0 Å². The Kier molecular flexibility index (Phi) is 6.99. The molecule has 1 heterocycles. The van der Waals surface area contributed by atoms with E-state index >= 15 is 0 Å². The van der Waals surface area contributed by atoms with Gasteiger partial charge in [0.2, 0.25) is 0 Å². The number of aromatic nitrogens is 1. The van der Waals surface area contributed by atoms with E-state index in [1.807, 2.05) is 69.3 Å². The maximum Gasteiger partial charge on any atom is 0.254 e. The van der Waals surface area contributed by atoms with Crippen molar-refractivity contribution >= 4 is 17.7 Å². The summed E-state index contributed by atoms with van der Waals surface area (Å²) < 4.78 is 11.1. The zero-order chi connectivity index (χ0) is 20.8. The molecule has 0 spiro atoms. The van der Waals surface area contributed by atoms with E-state index in [0.29, 0.717) is 24.5 Å². The predicted molar refractivity (Wildman–Crippen MR) is 116 cm³/mol. The monoisotopic (exact) mass is 410 g/mol. The Morgan fingerprint density at radius 1 is 1.10 bits per heavy atom. The van der Waals surface area contributed by atoms with E-state index in [1.54, 1.807) is 23.7 Å². The summed E-state index contributed by atoms with van der Waals surface area (Å²) in [6, 6.07) is 15.6. The van der Waals surface area contributed by atoms with E-state index < -0.39 is 0 Å². The minimum Gasteiger partial charge on any atom is -0.491 e. The topological polar surface area (TPSA) is 55.6 Å². The zero-order valence-corrected chi connectivity index (χ0v) is 18.1. The van der Waals surface area contributed by atoms with Gasteiger partial charge in [0.25, 0.3) is 5.91 Å². The molecule has 0 aliphatic carbocycles. The molecule has 152 valence electrons. The maximum absolute atomic E-state index is 13.0. The van der Waals surface area contributed by atoms with Crippen molar-refractivity contribution in [3.8, 4) is 5.75 Å². The summed E-state index contributed by atoms with van der Waals surface area (Å²) in [5.74, 6) is 2.37. The first-order valence-corrected chi connectivity index (χ1v) is 10.5. The largest absolute Gasteiger partial charge is 0.491 e. The quantitative estimate of drug-likeness (QED) is 0.487. The fourth-order valence-electron chi connectivity index (χ4n) is 2.95. The molecular weight excluding hydrogens is 384 g/mol. The van der Waals surface area contributed by atoms with Gasteiger partial charge in [0, 0.05) is 23.3 Å². The number of nitrogens with zero attached hydrogens (tertiary/aromatic N) is 2. The molecule has 5 nitrogen and oxygen atoms in total. The van der Waals surface area contributed by atoms with Crippen LogP contribution < -0.4 is 4.74 Å². The summed E-state index contributed by atoms with van der Waals surface area (Å²) in [4.78, 5) is 15.6. The van der Waals surface area contributed by atoms with Crippen LogP contribution in [0.5, 0.6) is 5.75 Å². The van der Waals surface area contributed by atoms with Gasteiger partial charge in [0.15, 0.2) is 0 Å². The highest BCUT2D eigenvalue weighted by atomic mass is 32.2. The SMILES string of the molecule is Cc1ccccc1OCCN(C)C(=O)c1ccccc1SCc1c(C)noc1C. The molecule has 3 aromatic rings. The highest BCUT2D eigenvalue weighted by Gasteiger charge is 2.17. The number of rotatable bonds is 8. The summed E-state index contributed by atoms with van der Waals surface area (Å²) in [6.45, 7) is 6.81. The van der Waals surface area contributed by atoms with Gasteiger partial charge in [-0.05, 0) is 44.5 Å².